The van der Waals surface area contributed by atoms with Crippen LogP contribution in [0.1, 0.15) is 15.9 Å². The van der Waals surface area contributed by atoms with Crippen molar-refractivity contribution in [2.75, 3.05) is 10.7 Å². The van der Waals surface area contributed by atoms with Gasteiger partial charge in [0.2, 0.25) is 11.6 Å². The van der Waals surface area contributed by atoms with Crippen molar-refractivity contribution in [1.82, 2.24) is 20.4 Å². The van der Waals surface area contributed by atoms with Gasteiger partial charge in [0.05, 0.1) is 4.92 Å². The van der Waals surface area contributed by atoms with Gasteiger partial charge in [-0.3, -0.25) is 30.7 Å². The summed E-state index contributed by atoms with van der Waals surface area (Å²) in [5.74, 6) is -0.559. The lowest BCUT2D eigenvalue weighted by molar-refractivity contribution is -0.383. The molecule has 0 saturated carbocycles. The Morgan fingerprint density at radius 3 is 2.56 bits per heavy atom. The molecule has 0 aliphatic carbocycles. The van der Waals surface area contributed by atoms with Crippen molar-refractivity contribution in [2.24, 2.45) is 0 Å². The minimum atomic E-state index is -0.622. The van der Waals surface area contributed by atoms with Crippen molar-refractivity contribution < 1.29 is 9.72 Å². The van der Waals surface area contributed by atoms with Crippen molar-refractivity contribution in [3.05, 3.63) is 82.4 Å². The molecule has 0 bridgehead atoms. The number of carbonyl (C=O) groups is 1. The van der Waals surface area contributed by atoms with E-state index in [9.17, 15) is 14.9 Å². The number of anilines is 2. The Kier molecular flexibility index (Phi) is 5.48. The lowest BCUT2D eigenvalue weighted by atomic mass is 10.2. The van der Waals surface area contributed by atoms with E-state index in [1.165, 1.54) is 0 Å². The second kappa shape index (κ2) is 8.34. The Balaban J connectivity index is 1.75. The quantitative estimate of drug-likeness (QED) is 0.428. The first-order valence-electron chi connectivity index (χ1n) is 7.88. The molecule has 0 saturated heterocycles. The maximum atomic E-state index is 12.1. The molecule has 10 nitrogen and oxygen atoms in total. The first-order chi connectivity index (χ1) is 13.1. The number of rotatable bonds is 7. The van der Waals surface area contributed by atoms with Gasteiger partial charge >= 0.3 is 5.69 Å². The average molecular weight is 365 g/mol. The van der Waals surface area contributed by atoms with E-state index in [0.717, 1.165) is 11.9 Å². The predicted octanol–water partition coefficient (Wildman–Crippen LogP) is 2.15. The minimum Gasteiger partial charge on any atom is -0.360 e. The van der Waals surface area contributed by atoms with Gasteiger partial charge in [-0.1, -0.05) is 24.3 Å². The standard InChI is InChI=1S/C17H15N7O3/c25-17(13-6-2-1-3-7-13)23-22-16-14(24(26)27)15(20-11-21-16)19-10-12-5-4-8-18-9-12/h1-9,11H,10H2,(H,23,25)(H2,19,20,21,22). The van der Waals surface area contributed by atoms with Crippen LogP contribution < -0.4 is 16.2 Å². The summed E-state index contributed by atoms with van der Waals surface area (Å²) in [6.45, 7) is 0.293. The molecule has 0 radical (unpaired) electrons. The van der Waals surface area contributed by atoms with Crippen LogP contribution in [0.25, 0.3) is 0 Å². The number of amides is 1. The van der Waals surface area contributed by atoms with Gasteiger partial charge < -0.3 is 5.32 Å². The third-order valence-corrected chi connectivity index (χ3v) is 3.52. The molecule has 1 amide bonds. The third-order valence-electron chi connectivity index (χ3n) is 3.52. The summed E-state index contributed by atoms with van der Waals surface area (Å²) < 4.78 is 0. The molecule has 0 aliphatic rings. The third kappa shape index (κ3) is 4.51. The number of hydrazine groups is 1. The van der Waals surface area contributed by atoms with Gasteiger partial charge in [-0.25, -0.2) is 9.97 Å². The molecule has 2 heterocycles. The largest absolute Gasteiger partial charge is 0.360 e. The molecular formula is C17H15N7O3. The van der Waals surface area contributed by atoms with Gasteiger partial charge in [-0.15, -0.1) is 0 Å². The number of carbonyl (C=O) groups excluding carboxylic acids is 1. The maximum absolute atomic E-state index is 12.1. The topological polar surface area (TPSA) is 135 Å². The summed E-state index contributed by atoms with van der Waals surface area (Å²) in [5.41, 5.74) is 5.73. The van der Waals surface area contributed by atoms with E-state index < -0.39 is 10.8 Å². The molecule has 27 heavy (non-hydrogen) atoms. The lowest BCUT2D eigenvalue weighted by Gasteiger charge is -2.11. The van der Waals surface area contributed by atoms with Gasteiger partial charge in [0.25, 0.3) is 5.91 Å². The highest BCUT2D eigenvalue weighted by Gasteiger charge is 2.23. The smallest absolute Gasteiger partial charge is 0.354 e. The maximum Gasteiger partial charge on any atom is 0.354 e. The molecule has 3 rings (SSSR count). The van der Waals surface area contributed by atoms with Crippen molar-refractivity contribution in [3.63, 3.8) is 0 Å². The molecule has 0 atom stereocenters. The van der Waals surface area contributed by atoms with E-state index in [1.54, 1.807) is 48.8 Å². The van der Waals surface area contributed by atoms with E-state index in [4.69, 9.17) is 0 Å². The number of pyridine rings is 1. The highest BCUT2D eigenvalue weighted by molar-refractivity contribution is 5.95. The summed E-state index contributed by atoms with van der Waals surface area (Å²) in [6, 6.07) is 12.0. The van der Waals surface area contributed by atoms with Crippen LogP contribution in [0, 0.1) is 10.1 Å². The normalized spacial score (nSPS) is 10.1. The number of nitrogens with one attached hydrogen (secondary N) is 3. The van der Waals surface area contributed by atoms with Crippen LogP contribution >= 0.6 is 0 Å². The number of benzene rings is 1. The molecule has 0 aliphatic heterocycles. The highest BCUT2D eigenvalue weighted by atomic mass is 16.6. The molecule has 2 aromatic heterocycles. The second-order valence-electron chi connectivity index (χ2n) is 5.34. The van der Waals surface area contributed by atoms with E-state index in [1.807, 2.05) is 6.07 Å². The average Bonchev–Trinajstić information content (AvgIpc) is 2.71. The molecule has 136 valence electrons. The van der Waals surface area contributed by atoms with E-state index in [-0.39, 0.29) is 17.3 Å². The number of nitro groups is 1. The van der Waals surface area contributed by atoms with E-state index >= 15 is 0 Å². The molecule has 0 spiro atoms. The molecule has 0 fully saturated rings. The summed E-state index contributed by atoms with van der Waals surface area (Å²) in [5, 5.41) is 14.4. The van der Waals surface area contributed by atoms with Crippen LogP contribution in [0.4, 0.5) is 17.3 Å². The van der Waals surface area contributed by atoms with Crippen LogP contribution in [0.2, 0.25) is 0 Å². The first kappa shape index (κ1) is 17.7. The van der Waals surface area contributed by atoms with E-state index in [0.29, 0.717) is 12.1 Å². The Morgan fingerprint density at radius 1 is 1.07 bits per heavy atom. The Hall–Kier alpha value is -4.08. The zero-order valence-corrected chi connectivity index (χ0v) is 14.0. The number of nitrogens with zero attached hydrogens (tertiary/aromatic N) is 4. The first-order valence-corrected chi connectivity index (χ1v) is 7.88. The fourth-order valence-corrected chi connectivity index (χ4v) is 2.24. The Bertz CT molecular complexity index is 936. The van der Waals surface area contributed by atoms with Crippen LogP contribution in [0.5, 0.6) is 0 Å². The predicted molar refractivity (Wildman–Crippen MR) is 97.8 cm³/mol. The van der Waals surface area contributed by atoms with Gasteiger partial charge in [0, 0.05) is 24.5 Å². The van der Waals surface area contributed by atoms with Gasteiger partial charge in [-0.05, 0) is 23.8 Å². The number of aromatic nitrogens is 3. The zero-order valence-electron chi connectivity index (χ0n) is 14.0. The van der Waals surface area contributed by atoms with Crippen LogP contribution in [-0.2, 0) is 6.54 Å². The van der Waals surface area contributed by atoms with E-state index in [2.05, 4.69) is 31.1 Å². The Morgan fingerprint density at radius 2 is 1.85 bits per heavy atom. The molecule has 10 heteroatoms. The van der Waals surface area contributed by atoms with Crippen LogP contribution in [-0.4, -0.2) is 25.8 Å². The Labute approximate surface area is 153 Å². The molecule has 0 unspecified atom stereocenters. The highest BCUT2D eigenvalue weighted by Crippen LogP contribution is 2.28. The summed E-state index contributed by atoms with van der Waals surface area (Å²) in [7, 11) is 0. The number of hydrogen-bond acceptors (Lipinski definition) is 8. The zero-order chi connectivity index (χ0) is 19.1. The molecule has 3 aromatic rings. The van der Waals surface area contributed by atoms with Crippen LogP contribution in [0.15, 0.2) is 61.2 Å². The summed E-state index contributed by atoms with van der Waals surface area (Å²) >= 11 is 0. The van der Waals surface area contributed by atoms with Crippen molar-refractivity contribution in [1.29, 1.82) is 0 Å². The van der Waals surface area contributed by atoms with Gasteiger partial charge in [-0.2, -0.15) is 0 Å². The van der Waals surface area contributed by atoms with Crippen molar-refractivity contribution in [2.45, 2.75) is 6.54 Å². The summed E-state index contributed by atoms with van der Waals surface area (Å²) in [4.78, 5) is 34.7. The van der Waals surface area contributed by atoms with Gasteiger partial charge in [0.1, 0.15) is 6.33 Å². The lowest BCUT2D eigenvalue weighted by Crippen LogP contribution is -2.30. The fourth-order valence-electron chi connectivity index (χ4n) is 2.24. The second-order valence-corrected chi connectivity index (χ2v) is 5.34. The van der Waals surface area contributed by atoms with Crippen molar-refractivity contribution in [3.8, 4) is 0 Å². The van der Waals surface area contributed by atoms with Crippen molar-refractivity contribution >= 4 is 23.2 Å². The van der Waals surface area contributed by atoms with Gasteiger partial charge in [0.15, 0.2) is 0 Å². The fraction of sp³-hybridized carbons (Fsp3) is 0.0588. The molecule has 1 aromatic carbocycles. The summed E-state index contributed by atoms with van der Waals surface area (Å²) in [6.07, 6.45) is 4.43. The van der Waals surface area contributed by atoms with Crippen LogP contribution in [0.3, 0.4) is 0 Å². The molecular weight excluding hydrogens is 350 g/mol. The minimum absolute atomic E-state index is 0.0234. The monoisotopic (exact) mass is 365 g/mol. The SMILES string of the molecule is O=C(NNc1ncnc(NCc2cccnc2)c1[N+](=O)[O-])c1ccccc1. The number of hydrogen-bond donors (Lipinski definition) is 3. The molecule has 3 N–H and O–H groups in total.